The first-order chi connectivity index (χ1) is 10.6. The van der Waals surface area contributed by atoms with Crippen LogP contribution in [-0.4, -0.2) is 24.3 Å². The van der Waals surface area contributed by atoms with Gasteiger partial charge < -0.3 is 4.52 Å². The van der Waals surface area contributed by atoms with Crippen LogP contribution in [0, 0.1) is 0 Å². The summed E-state index contributed by atoms with van der Waals surface area (Å²) in [7, 11) is -3.27. The Balaban J connectivity index is 1.81. The zero-order valence-corrected chi connectivity index (χ0v) is 13.3. The number of hydrogen-bond acceptors (Lipinski definition) is 6. The Morgan fingerprint density at radius 3 is 2.59 bits per heavy atom. The molecule has 1 aromatic carbocycles. The number of benzene rings is 1. The minimum absolute atomic E-state index is 0.0313. The fourth-order valence-corrected chi connectivity index (χ4v) is 3.05. The third-order valence-corrected chi connectivity index (χ3v) is 4.98. The predicted molar refractivity (Wildman–Crippen MR) is 86.1 cm³/mol. The normalized spacial score (nSPS) is 11.5. The van der Waals surface area contributed by atoms with Crippen LogP contribution in [0.25, 0.3) is 22.8 Å². The summed E-state index contributed by atoms with van der Waals surface area (Å²) in [6, 6.07) is 8.74. The van der Waals surface area contributed by atoms with Crippen molar-refractivity contribution in [3.05, 3.63) is 41.1 Å². The highest BCUT2D eigenvalue weighted by Crippen LogP contribution is 2.24. The van der Waals surface area contributed by atoms with Crippen molar-refractivity contribution < 1.29 is 12.9 Å². The Labute approximate surface area is 131 Å². The molecule has 0 fully saturated rings. The highest BCUT2D eigenvalue weighted by molar-refractivity contribution is 7.92. The molecule has 2 aromatic heterocycles. The average molecular weight is 335 g/mol. The second-order valence-electron chi connectivity index (χ2n) is 4.52. The number of nitrogens with zero attached hydrogens (tertiary/aromatic N) is 2. The molecule has 22 heavy (non-hydrogen) atoms. The van der Waals surface area contributed by atoms with Gasteiger partial charge in [0.25, 0.3) is 5.89 Å². The van der Waals surface area contributed by atoms with Gasteiger partial charge in [-0.2, -0.15) is 16.3 Å². The van der Waals surface area contributed by atoms with Crippen molar-refractivity contribution in [1.29, 1.82) is 0 Å². The van der Waals surface area contributed by atoms with Crippen LogP contribution in [0.5, 0.6) is 0 Å². The number of rotatable bonds is 5. The van der Waals surface area contributed by atoms with Crippen LogP contribution in [-0.2, 0) is 10.0 Å². The summed E-state index contributed by atoms with van der Waals surface area (Å²) in [5.74, 6) is 0.960. The molecule has 6 nitrogen and oxygen atoms in total. The molecule has 2 heterocycles. The van der Waals surface area contributed by atoms with Crippen molar-refractivity contribution in [1.82, 2.24) is 10.1 Å². The maximum Gasteiger partial charge on any atom is 0.259 e. The van der Waals surface area contributed by atoms with Gasteiger partial charge in [0.05, 0.1) is 11.3 Å². The smallest absolute Gasteiger partial charge is 0.259 e. The Morgan fingerprint density at radius 2 is 1.95 bits per heavy atom. The lowest BCUT2D eigenvalue weighted by molar-refractivity contribution is 0.432. The van der Waals surface area contributed by atoms with E-state index < -0.39 is 10.0 Å². The molecule has 0 saturated heterocycles. The number of thiophene rings is 1. The molecule has 0 bridgehead atoms. The average Bonchev–Trinajstić information content (AvgIpc) is 3.19. The van der Waals surface area contributed by atoms with Gasteiger partial charge in [-0.3, -0.25) is 4.72 Å². The van der Waals surface area contributed by atoms with Gasteiger partial charge in [-0.05, 0) is 42.6 Å². The van der Waals surface area contributed by atoms with Gasteiger partial charge in [0.1, 0.15) is 0 Å². The predicted octanol–water partition coefficient (Wildman–Crippen LogP) is 3.23. The molecule has 8 heteroatoms. The minimum atomic E-state index is -3.27. The highest BCUT2D eigenvalue weighted by Gasteiger charge is 2.11. The van der Waals surface area contributed by atoms with Crippen molar-refractivity contribution in [2.75, 3.05) is 10.5 Å². The van der Waals surface area contributed by atoms with Crippen LogP contribution in [0.3, 0.4) is 0 Å². The van der Waals surface area contributed by atoms with E-state index in [1.165, 1.54) is 0 Å². The first-order valence-electron chi connectivity index (χ1n) is 6.54. The molecule has 0 aliphatic carbocycles. The topological polar surface area (TPSA) is 85.1 Å². The van der Waals surface area contributed by atoms with Gasteiger partial charge in [0.2, 0.25) is 15.8 Å². The molecule has 0 unspecified atom stereocenters. The van der Waals surface area contributed by atoms with Crippen molar-refractivity contribution >= 4 is 27.0 Å². The van der Waals surface area contributed by atoms with Gasteiger partial charge in [-0.1, -0.05) is 5.16 Å². The summed E-state index contributed by atoms with van der Waals surface area (Å²) in [5.41, 5.74) is 2.15. The molecule has 3 rings (SSSR count). The minimum Gasteiger partial charge on any atom is -0.334 e. The summed E-state index contributed by atoms with van der Waals surface area (Å²) in [4.78, 5) is 4.33. The number of nitrogens with one attached hydrogen (secondary N) is 1. The zero-order valence-electron chi connectivity index (χ0n) is 11.7. The van der Waals surface area contributed by atoms with Gasteiger partial charge >= 0.3 is 0 Å². The summed E-state index contributed by atoms with van der Waals surface area (Å²) in [5, 5.41) is 7.81. The van der Waals surface area contributed by atoms with E-state index in [0.29, 0.717) is 17.4 Å². The third kappa shape index (κ3) is 3.18. The molecule has 1 N–H and O–H groups in total. The largest absolute Gasteiger partial charge is 0.334 e. The van der Waals surface area contributed by atoms with Crippen LogP contribution in [0.1, 0.15) is 6.92 Å². The maximum absolute atomic E-state index is 11.5. The van der Waals surface area contributed by atoms with Crippen molar-refractivity contribution in [3.63, 3.8) is 0 Å². The van der Waals surface area contributed by atoms with Crippen LogP contribution in [0.2, 0.25) is 0 Å². The van der Waals surface area contributed by atoms with E-state index in [1.807, 2.05) is 16.8 Å². The van der Waals surface area contributed by atoms with Crippen molar-refractivity contribution in [2.45, 2.75) is 6.92 Å². The molecule has 0 saturated carbocycles. The molecule has 114 valence electrons. The zero-order chi connectivity index (χ0) is 15.6. The molecule has 3 aromatic rings. The highest BCUT2D eigenvalue weighted by atomic mass is 32.2. The lowest BCUT2D eigenvalue weighted by Gasteiger charge is -2.05. The van der Waals surface area contributed by atoms with E-state index >= 15 is 0 Å². The molecule has 0 spiro atoms. The summed E-state index contributed by atoms with van der Waals surface area (Å²) < 4.78 is 30.7. The molecule has 0 aliphatic rings. The van der Waals surface area contributed by atoms with Gasteiger partial charge in [-0.25, -0.2) is 8.42 Å². The van der Waals surface area contributed by atoms with E-state index in [4.69, 9.17) is 4.52 Å². The fraction of sp³-hybridized carbons (Fsp3) is 0.143. The van der Waals surface area contributed by atoms with Gasteiger partial charge in [0, 0.05) is 16.6 Å². The van der Waals surface area contributed by atoms with Crippen molar-refractivity contribution in [3.8, 4) is 22.8 Å². The third-order valence-electron chi connectivity index (χ3n) is 2.99. The van der Waals surface area contributed by atoms with Crippen LogP contribution < -0.4 is 4.72 Å². The molecule has 0 amide bonds. The second kappa shape index (κ2) is 5.90. The summed E-state index contributed by atoms with van der Waals surface area (Å²) in [6.45, 7) is 1.59. The lowest BCUT2D eigenvalue weighted by atomic mass is 10.2. The first kappa shape index (κ1) is 14.7. The molecule has 0 radical (unpaired) electrons. The quantitative estimate of drug-likeness (QED) is 0.774. The Kier molecular flexibility index (Phi) is 3.95. The number of aromatic nitrogens is 2. The van der Waals surface area contributed by atoms with Crippen molar-refractivity contribution in [2.24, 2.45) is 0 Å². The fourth-order valence-electron chi connectivity index (χ4n) is 1.78. The van der Waals surface area contributed by atoms with Crippen LogP contribution in [0.4, 0.5) is 5.69 Å². The maximum atomic E-state index is 11.5. The second-order valence-corrected chi connectivity index (χ2v) is 7.31. The number of sulfonamides is 1. The molecule has 0 aliphatic heterocycles. The van der Waals surface area contributed by atoms with Gasteiger partial charge in [0.15, 0.2) is 0 Å². The Hall–Kier alpha value is -2.19. The standard InChI is InChI=1S/C14H13N3O3S2/c1-2-22(18,19)17-12-5-3-10(4-6-12)13-15-14(20-16-13)11-7-8-21-9-11/h3-9,17H,2H2,1H3. The van der Waals surface area contributed by atoms with Crippen LogP contribution in [0.15, 0.2) is 45.6 Å². The number of anilines is 1. The summed E-state index contributed by atoms with van der Waals surface area (Å²) in [6.07, 6.45) is 0. The summed E-state index contributed by atoms with van der Waals surface area (Å²) >= 11 is 1.56. The lowest BCUT2D eigenvalue weighted by Crippen LogP contribution is -2.14. The molecular weight excluding hydrogens is 322 g/mol. The van der Waals surface area contributed by atoms with E-state index in [9.17, 15) is 8.42 Å². The van der Waals surface area contributed by atoms with E-state index in [1.54, 1.807) is 42.5 Å². The molecule has 0 atom stereocenters. The Morgan fingerprint density at radius 1 is 1.18 bits per heavy atom. The molecular formula is C14H13N3O3S2. The Bertz CT molecular complexity index is 853. The van der Waals surface area contributed by atoms with E-state index in [-0.39, 0.29) is 5.75 Å². The number of hydrogen-bond donors (Lipinski definition) is 1. The van der Waals surface area contributed by atoms with E-state index in [2.05, 4.69) is 14.9 Å². The van der Waals surface area contributed by atoms with Gasteiger partial charge in [-0.15, -0.1) is 0 Å². The van der Waals surface area contributed by atoms with Crippen LogP contribution >= 0.6 is 11.3 Å². The SMILES string of the molecule is CCS(=O)(=O)Nc1ccc(-c2noc(-c3ccsc3)n2)cc1. The van der Waals surface area contributed by atoms with E-state index in [0.717, 1.165) is 11.1 Å². The first-order valence-corrected chi connectivity index (χ1v) is 9.14. The monoisotopic (exact) mass is 335 g/mol.